The topological polar surface area (TPSA) is 180 Å². The first-order valence-electron chi connectivity index (χ1n) is 19.3. The van der Waals surface area contributed by atoms with Crippen LogP contribution in [-0.4, -0.2) is 123 Å². The Kier molecular flexibility index (Phi) is 25.3. The molecule has 3 aromatic rings. The molecule has 1 atom stereocenters. The van der Waals surface area contributed by atoms with Crippen LogP contribution in [0.25, 0.3) is 10.9 Å². The van der Waals surface area contributed by atoms with Crippen LogP contribution in [0.1, 0.15) is 89.7 Å². The van der Waals surface area contributed by atoms with Gasteiger partial charge in [-0.1, -0.05) is 52.7 Å². The number of benzene rings is 2. The van der Waals surface area contributed by atoms with Gasteiger partial charge in [-0.3, -0.25) is 24.2 Å². The smallest absolute Gasteiger partial charge is 0.313 e. The zero-order chi connectivity index (χ0) is 41.9. The SMILES string of the molecule is CCC.CCC.CN(C)CCc1c[nH]c2cccc(OC(=O)CCOCCC(=O)Oc3cccc4c3C(CCN(C)C)C=N4)c12.O=C(O)CCOCCC(=O)O. The van der Waals surface area contributed by atoms with Crippen molar-refractivity contribution in [1.82, 2.24) is 14.8 Å². The number of carbonyl (C=O) groups excluding carboxylic acids is 2. The normalized spacial score (nSPS) is 12.5. The van der Waals surface area contributed by atoms with Gasteiger partial charge in [-0.15, -0.1) is 0 Å². The van der Waals surface area contributed by atoms with E-state index in [4.69, 9.17) is 29.2 Å². The minimum absolute atomic E-state index is 0.0720. The lowest BCUT2D eigenvalue weighted by molar-refractivity contribution is -0.140. The van der Waals surface area contributed by atoms with Crippen molar-refractivity contribution in [3.05, 3.63) is 53.7 Å². The van der Waals surface area contributed by atoms with E-state index in [0.29, 0.717) is 11.5 Å². The van der Waals surface area contributed by atoms with E-state index in [1.165, 1.54) is 12.8 Å². The van der Waals surface area contributed by atoms with Crippen LogP contribution in [0.4, 0.5) is 5.69 Å². The van der Waals surface area contributed by atoms with Crippen LogP contribution in [0.5, 0.6) is 11.5 Å². The molecule has 14 heteroatoms. The van der Waals surface area contributed by atoms with E-state index < -0.39 is 11.9 Å². The van der Waals surface area contributed by atoms with Crippen LogP contribution >= 0.6 is 0 Å². The van der Waals surface area contributed by atoms with E-state index in [1.54, 1.807) is 6.07 Å². The van der Waals surface area contributed by atoms with E-state index in [-0.39, 0.29) is 70.0 Å². The van der Waals surface area contributed by atoms with Crippen LogP contribution in [0, 0.1) is 0 Å². The molecule has 0 bridgehead atoms. The fraction of sp³-hybridized carbons (Fsp3) is 0.548. The number of hydrogen-bond donors (Lipinski definition) is 3. The summed E-state index contributed by atoms with van der Waals surface area (Å²) in [5.41, 5.74) is 3.85. The number of carbonyl (C=O) groups is 4. The molecule has 312 valence electrons. The molecule has 56 heavy (non-hydrogen) atoms. The van der Waals surface area contributed by atoms with Gasteiger partial charge >= 0.3 is 23.9 Å². The van der Waals surface area contributed by atoms with Crippen LogP contribution in [0.2, 0.25) is 0 Å². The number of rotatable bonds is 20. The summed E-state index contributed by atoms with van der Waals surface area (Å²) in [7, 11) is 8.12. The third-order valence-corrected chi connectivity index (χ3v) is 7.54. The van der Waals surface area contributed by atoms with E-state index in [9.17, 15) is 19.2 Å². The lowest BCUT2D eigenvalue weighted by atomic mass is 9.96. The highest BCUT2D eigenvalue weighted by molar-refractivity contribution is 5.91. The molecule has 0 aliphatic carbocycles. The maximum Gasteiger partial charge on any atom is 0.313 e. The molecule has 0 saturated carbocycles. The number of carboxylic acids is 2. The summed E-state index contributed by atoms with van der Waals surface area (Å²) >= 11 is 0. The average molecular weight is 785 g/mol. The van der Waals surface area contributed by atoms with Gasteiger partial charge in [-0.25, -0.2) is 0 Å². The number of aliphatic imine (C=N–C) groups is 1. The highest BCUT2D eigenvalue weighted by atomic mass is 16.5. The Bertz CT molecular complexity index is 1620. The van der Waals surface area contributed by atoms with Gasteiger partial charge in [-0.2, -0.15) is 0 Å². The zero-order valence-electron chi connectivity index (χ0n) is 34.6. The van der Waals surface area contributed by atoms with E-state index >= 15 is 0 Å². The second kappa shape index (κ2) is 28.7. The first-order valence-corrected chi connectivity index (χ1v) is 19.3. The summed E-state index contributed by atoms with van der Waals surface area (Å²) in [5, 5.41) is 17.2. The van der Waals surface area contributed by atoms with Crippen molar-refractivity contribution in [3.63, 3.8) is 0 Å². The lowest BCUT2D eigenvalue weighted by Gasteiger charge is -2.16. The Morgan fingerprint density at radius 3 is 1.75 bits per heavy atom. The number of aliphatic carboxylic acids is 2. The summed E-state index contributed by atoms with van der Waals surface area (Å²) in [5.74, 6) is -1.44. The molecule has 14 nitrogen and oxygen atoms in total. The molecule has 2 aromatic carbocycles. The second-order valence-electron chi connectivity index (χ2n) is 13.6. The van der Waals surface area contributed by atoms with Crippen LogP contribution in [0.3, 0.4) is 0 Å². The molecular weight excluding hydrogens is 720 g/mol. The predicted octanol–water partition coefficient (Wildman–Crippen LogP) is 7.12. The minimum atomic E-state index is -0.944. The molecule has 0 amide bonds. The molecule has 0 fully saturated rings. The van der Waals surface area contributed by atoms with Gasteiger partial charge in [-0.05, 0) is 77.4 Å². The van der Waals surface area contributed by atoms with E-state index in [1.807, 2.05) is 70.9 Å². The van der Waals surface area contributed by atoms with Crippen molar-refractivity contribution in [1.29, 1.82) is 0 Å². The molecule has 0 saturated heterocycles. The molecule has 3 N–H and O–H groups in total. The molecule has 1 unspecified atom stereocenters. The Morgan fingerprint density at radius 2 is 1.21 bits per heavy atom. The fourth-order valence-electron chi connectivity index (χ4n) is 5.00. The number of nitrogens with one attached hydrogen (secondary N) is 1. The third-order valence-electron chi connectivity index (χ3n) is 7.54. The Labute approximate surface area is 332 Å². The maximum atomic E-state index is 12.5. The fourth-order valence-corrected chi connectivity index (χ4v) is 5.00. The minimum Gasteiger partial charge on any atom is -0.481 e. The summed E-state index contributed by atoms with van der Waals surface area (Å²) in [6.07, 6.45) is 8.13. The number of ether oxygens (including phenoxy) is 4. The number of nitrogens with zero attached hydrogens (tertiary/aromatic N) is 3. The first-order chi connectivity index (χ1) is 26.8. The second-order valence-corrected chi connectivity index (χ2v) is 13.6. The predicted molar refractivity (Wildman–Crippen MR) is 220 cm³/mol. The largest absolute Gasteiger partial charge is 0.481 e. The summed E-state index contributed by atoms with van der Waals surface area (Å²) in [4.78, 5) is 56.8. The lowest BCUT2D eigenvalue weighted by Crippen LogP contribution is -2.17. The molecule has 0 spiro atoms. The molecule has 1 aliphatic heterocycles. The summed E-state index contributed by atoms with van der Waals surface area (Å²) < 4.78 is 21.6. The number of esters is 2. The monoisotopic (exact) mass is 784 g/mol. The van der Waals surface area contributed by atoms with E-state index in [0.717, 1.165) is 53.6 Å². The number of aromatic nitrogens is 1. The van der Waals surface area contributed by atoms with Crippen molar-refractivity contribution in [2.75, 3.05) is 67.7 Å². The quantitative estimate of drug-likeness (QED) is 0.0601. The molecule has 1 aliphatic rings. The number of H-pyrrole nitrogens is 1. The van der Waals surface area contributed by atoms with Gasteiger partial charge in [0.05, 0.1) is 57.8 Å². The summed E-state index contributed by atoms with van der Waals surface area (Å²) in [6.45, 7) is 10.8. The van der Waals surface area contributed by atoms with E-state index in [2.05, 4.69) is 47.5 Å². The van der Waals surface area contributed by atoms with Crippen molar-refractivity contribution in [2.24, 2.45) is 4.99 Å². The van der Waals surface area contributed by atoms with Gasteiger partial charge in [0.15, 0.2) is 0 Å². The van der Waals surface area contributed by atoms with Crippen LogP contribution < -0.4 is 9.47 Å². The standard InChI is InChI=1S/C30H38N4O5.C6H10O5.2C3H8/c1-33(2)15-11-21-19-31-23-7-5-9-25(29(21)23)38-27(35)13-17-37-18-14-28(36)39-26-10-6-8-24-30(26)22(20-32-24)12-16-34(3)4;7-5(8)1-3-11-4-2-6(9)10;2*1-3-2/h5-10,19-21,32H,11-18H2,1-4H3;1-4H2,(H,7,8)(H,9,10);2*3H2,1-2H3. The number of likely N-dealkylation sites (N-methyl/N-ethyl adjacent to an activating group) is 1. The molecule has 2 heterocycles. The zero-order valence-corrected chi connectivity index (χ0v) is 34.6. The van der Waals surface area contributed by atoms with Crippen LogP contribution in [-0.2, 0) is 35.1 Å². The number of aromatic amines is 1. The van der Waals surface area contributed by atoms with Crippen LogP contribution in [0.15, 0.2) is 47.6 Å². The van der Waals surface area contributed by atoms with Gasteiger partial charge in [0, 0.05) is 41.3 Å². The van der Waals surface area contributed by atoms with Gasteiger partial charge in [0.25, 0.3) is 0 Å². The van der Waals surface area contributed by atoms with Gasteiger partial charge in [0.1, 0.15) is 11.5 Å². The van der Waals surface area contributed by atoms with Crippen molar-refractivity contribution < 1.29 is 48.3 Å². The molecular formula is C42H64N4O10. The number of fused-ring (bicyclic) bond motifs is 2. The number of carboxylic acid groups (broad SMARTS) is 2. The van der Waals surface area contributed by atoms with Crippen molar-refractivity contribution >= 4 is 46.7 Å². The molecule has 1 aromatic heterocycles. The number of hydrogen-bond acceptors (Lipinski definition) is 11. The van der Waals surface area contributed by atoms with Crippen molar-refractivity contribution in [3.8, 4) is 11.5 Å². The maximum absolute atomic E-state index is 12.5. The molecule has 0 radical (unpaired) electrons. The first kappa shape index (κ1) is 49.4. The Balaban J connectivity index is 0.000000775. The highest BCUT2D eigenvalue weighted by Crippen LogP contribution is 2.40. The Morgan fingerprint density at radius 1 is 0.714 bits per heavy atom. The highest BCUT2D eigenvalue weighted by Gasteiger charge is 2.24. The Hall–Kier alpha value is -4.63. The van der Waals surface area contributed by atoms with Gasteiger partial charge in [0.2, 0.25) is 0 Å². The summed E-state index contributed by atoms with van der Waals surface area (Å²) in [6, 6.07) is 11.2. The van der Waals surface area contributed by atoms with Gasteiger partial charge < -0.3 is 43.9 Å². The third kappa shape index (κ3) is 20.3. The van der Waals surface area contributed by atoms with Crippen molar-refractivity contribution in [2.45, 2.75) is 85.0 Å². The average Bonchev–Trinajstić information content (AvgIpc) is 3.75. The molecule has 4 rings (SSSR count).